The van der Waals surface area contributed by atoms with Gasteiger partial charge in [-0.2, -0.15) is 0 Å². The normalized spacial score (nSPS) is 12.2. The fraction of sp³-hybridized carbons (Fsp3) is 0.400. The van der Waals surface area contributed by atoms with Crippen LogP contribution in [0.1, 0.15) is 63.3 Å². The maximum absolute atomic E-state index is 13.9. The Balaban J connectivity index is 1.94. The molecule has 0 aliphatic rings. The number of nitrogens with zero attached hydrogens (tertiary/aromatic N) is 2. The van der Waals surface area contributed by atoms with Gasteiger partial charge >= 0.3 is 0 Å². The molecule has 0 aliphatic heterocycles. The fourth-order valence-corrected chi connectivity index (χ4v) is 4.38. The highest BCUT2D eigenvalue weighted by molar-refractivity contribution is 5.91. The summed E-state index contributed by atoms with van der Waals surface area (Å²) in [5, 5.41) is 3.03. The number of rotatable bonds is 10. The first-order valence-electron chi connectivity index (χ1n) is 12.5. The van der Waals surface area contributed by atoms with Crippen LogP contribution in [0.15, 0.2) is 71.3 Å². The first kappa shape index (κ1) is 27.1. The summed E-state index contributed by atoms with van der Waals surface area (Å²) in [6, 6.07) is 19.5. The summed E-state index contributed by atoms with van der Waals surface area (Å²) in [4.78, 5) is 30.4. The van der Waals surface area contributed by atoms with Crippen LogP contribution in [0.5, 0.6) is 0 Å². The molecule has 0 spiro atoms. The molecule has 6 heteroatoms. The van der Waals surface area contributed by atoms with Crippen molar-refractivity contribution < 1.29 is 14.0 Å². The van der Waals surface area contributed by atoms with Gasteiger partial charge in [-0.3, -0.25) is 9.59 Å². The van der Waals surface area contributed by atoms with Gasteiger partial charge in [-0.05, 0) is 53.3 Å². The van der Waals surface area contributed by atoms with Crippen LogP contribution in [0.3, 0.4) is 0 Å². The van der Waals surface area contributed by atoms with Crippen LogP contribution in [0, 0.1) is 5.41 Å². The summed E-state index contributed by atoms with van der Waals surface area (Å²) in [7, 11) is 3.96. The Bertz CT molecular complexity index is 1130. The van der Waals surface area contributed by atoms with Crippen molar-refractivity contribution in [3.8, 4) is 0 Å². The molecule has 1 atom stereocenters. The molecule has 0 radical (unpaired) electrons. The molecule has 2 amide bonds. The van der Waals surface area contributed by atoms with Crippen molar-refractivity contribution in [2.45, 2.75) is 59.5 Å². The summed E-state index contributed by atoms with van der Waals surface area (Å²) >= 11 is 0. The van der Waals surface area contributed by atoms with Crippen LogP contribution >= 0.6 is 0 Å². The maximum Gasteiger partial charge on any atom is 0.230 e. The predicted octanol–water partition coefficient (Wildman–Crippen LogP) is 6.44. The van der Waals surface area contributed by atoms with Crippen molar-refractivity contribution in [3.63, 3.8) is 0 Å². The zero-order valence-electron chi connectivity index (χ0n) is 22.4. The molecule has 36 heavy (non-hydrogen) atoms. The van der Waals surface area contributed by atoms with E-state index in [0.717, 1.165) is 28.3 Å². The summed E-state index contributed by atoms with van der Waals surface area (Å²) in [5.74, 6) is 0.502. The van der Waals surface area contributed by atoms with Crippen molar-refractivity contribution >= 4 is 23.2 Å². The van der Waals surface area contributed by atoms with Crippen LogP contribution in [0.25, 0.3) is 0 Å². The van der Waals surface area contributed by atoms with Gasteiger partial charge in [0, 0.05) is 38.4 Å². The van der Waals surface area contributed by atoms with Crippen LogP contribution < -0.4 is 10.2 Å². The zero-order valence-corrected chi connectivity index (χ0v) is 22.4. The molecule has 6 nitrogen and oxygen atoms in total. The summed E-state index contributed by atoms with van der Waals surface area (Å²) in [5.41, 5.74) is 3.58. The summed E-state index contributed by atoms with van der Waals surface area (Å²) < 4.78 is 5.61. The van der Waals surface area contributed by atoms with Gasteiger partial charge in [0.15, 0.2) is 0 Å². The molecule has 0 bridgehead atoms. The SMILES string of the molecule is CC[C@H](C(=O)N(Cc1ccco1)Cc1cc(NC(=O)CC(C)(C)C)ccc1N(C)C)c1ccccc1. The van der Waals surface area contributed by atoms with Crippen molar-refractivity contribution in [3.05, 3.63) is 83.8 Å². The number of benzene rings is 2. The van der Waals surface area contributed by atoms with Crippen LogP contribution in [-0.2, 0) is 22.7 Å². The fourth-order valence-electron chi connectivity index (χ4n) is 4.38. The molecule has 0 aliphatic carbocycles. The third-order valence-corrected chi connectivity index (χ3v) is 6.04. The molecule has 2 aromatic carbocycles. The second-order valence-corrected chi connectivity index (χ2v) is 10.7. The van der Waals surface area contributed by atoms with Crippen molar-refractivity contribution in [2.24, 2.45) is 5.41 Å². The van der Waals surface area contributed by atoms with Gasteiger partial charge < -0.3 is 19.5 Å². The van der Waals surface area contributed by atoms with Crippen LogP contribution in [0.4, 0.5) is 11.4 Å². The smallest absolute Gasteiger partial charge is 0.230 e. The number of nitrogens with one attached hydrogen (secondary N) is 1. The van der Waals surface area contributed by atoms with Gasteiger partial charge in [0.25, 0.3) is 0 Å². The van der Waals surface area contributed by atoms with E-state index in [0.29, 0.717) is 25.9 Å². The van der Waals surface area contributed by atoms with Crippen molar-refractivity contribution in [1.82, 2.24) is 4.90 Å². The highest BCUT2D eigenvalue weighted by Gasteiger charge is 2.26. The molecule has 3 aromatic rings. The van der Waals surface area contributed by atoms with E-state index in [2.05, 4.69) is 5.32 Å². The summed E-state index contributed by atoms with van der Waals surface area (Å²) in [6.45, 7) is 8.92. The lowest BCUT2D eigenvalue weighted by Crippen LogP contribution is -2.34. The topological polar surface area (TPSA) is 65.8 Å². The lowest BCUT2D eigenvalue weighted by atomic mass is 9.92. The van der Waals surface area contributed by atoms with E-state index in [1.807, 2.05) is 112 Å². The van der Waals surface area contributed by atoms with Gasteiger partial charge in [-0.25, -0.2) is 0 Å². The Morgan fingerprint density at radius 1 is 0.972 bits per heavy atom. The minimum absolute atomic E-state index is 0.0234. The van der Waals surface area contributed by atoms with E-state index in [1.54, 1.807) is 6.26 Å². The van der Waals surface area contributed by atoms with E-state index in [1.165, 1.54) is 0 Å². The Kier molecular flexibility index (Phi) is 8.97. The first-order chi connectivity index (χ1) is 17.1. The number of hydrogen-bond acceptors (Lipinski definition) is 4. The zero-order chi connectivity index (χ0) is 26.3. The van der Waals surface area contributed by atoms with E-state index in [9.17, 15) is 9.59 Å². The van der Waals surface area contributed by atoms with Gasteiger partial charge in [0.1, 0.15) is 5.76 Å². The largest absolute Gasteiger partial charge is 0.467 e. The van der Waals surface area contributed by atoms with Gasteiger partial charge in [0.05, 0.1) is 18.7 Å². The average Bonchev–Trinajstić information content (AvgIpc) is 3.31. The lowest BCUT2D eigenvalue weighted by Gasteiger charge is -2.29. The second-order valence-electron chi connectivity index (χ2n) is 10.7. The Morgan fingerprint density at radius 2 is 1.69 bits per heavy atom. The van der Waals surface area contributed by atoms with E-state index in [4.69, 9.17) is 4.42 Å². The lowest BCUT2D eigenvalue weighted by molar-refractivity contribution is -0.134. The first-order valence-corrected chi connectivity index (χ1v) is 12.5. The maximum atomic E-state index is 13.9. The molecule has 192 valence electrons. The highest BCUT2D eigenvalue weighted by atomic mass is 16.3. The second kappa shape index (κ2) is 11.9. The van der Waals surface area contributed by atoms with Crippen molar-refractivity contribution in [2.75, 3.05) is 24.3 Å². The molecule has 0 saturated carbocycles. The number of hydrogen-bond donors (Lipinski definition) is 1. The number of carbonyl (C=O) groups excluding carboxylic acids is 2. The molecule has 3 rings (SSSR count). The Hall–Kier alpha value is -3.54. The highest BCUT2D eigenvalue weighted by Crippen LogP contribution is 2.29. The number of carbonyl (C=O) groups is 2. The van der Waals surface area contributed by atoms with Gasteiger partial charge in [-0.15, -0.1) is 0 Å². The quantitative estimate of drug-likeness (QED) is 0.356. The number of amides is 2. The molecule has 1 heterocycles. The van der Waals surface area contributed by atoms with Gasteiger partial charge in [0.2, 0.25) is 11.8 Å². The minimum Gasteiger partial charge on any atom is -0.467 e. The minimum atomic E-state index is -0.251. The monoisotopic (exact) mass is 489 g/mol. The molecule has 1 N–H and O–H groups in total. The van der Waals surface area contributed by atoms with E-state index in [-0.39, 0.29) is 23.1 Å². The third kappa shape index (κ3) is 7.48. The molecular formula is C30H39N3O3. The molecular weight excluding hydrogens is 450 g/mol. The molecule has 0 unspecified atom stereocenters. The van der Waals surface area contributed by atoms with Gasteiger partial charge in [-0.1, -0.05) is 58.0 Å². The number of anilines is 2. The molecule has 1 aromatic heterocycles. The Morgan fingerprint density at radius 3 is 2.28 bits per heavy atom. The molecule has 0 fully saturated rings. The third-order valence-electron chi connectivity index (χ3n) is 6.04. The standard InChI is InChI=1S/C30H39N3O3/c1-7-26(22-12-9-8-10-13-22)29(35)33(21-25-14-11-17-36-25)20-23-18-24(15-16-27(23)32(5)6)31-28(34)19-30(2,3)4/h8-18,26H,7,19-21H2,1-6H3,(H,31,34)/t26-/m0/s1. The predicted molar refractivity (Wildman–Crippen MR) is 146 cm³/mol. The van der Waals surface area contributed by atoms with E-state index >= 15 is 0 Å². The van der Waals surface area contributed by atoms with Crippen molar-refractivity contribution in [1.29, 1.82) is 0 Å². The average molecular weight is 490 g/mol. The summed E-state index contributed by atoms with van der Waals surface area (Å²) in [6.07, 6.45) is 2.75. The number of furan rings is 1. The van der Waals surface area contributed by atoms with E-state index < -0.39 is 0 Å². The van der Waals surface area contributed by atoms with Crippen LogP contribution in [0.2, 0.25) is 0 Å². The van der Waals surface area contributed by atoms with Crippen LogP contribution in [-0.4, -0.2) is 30.8 Å². The Labute approximate surface area is 215 Å². The molecule has 0 saturated heterocycles.